The molecule has 0 aromatic heterocycles. The lowest BCUT2D eigenvalue weighted by Gasteiger charge is -2.23. The van der Waals surface area contributed by atoms with Crippen molar-refractivity contribution >= 4 is 45.1 Å². The van der Waals surface area contributed by atoms with E-state index in [-0.39, 0.29) is 17.5 Å². The van der Waals surface area contributed by atoms with Gasteiger partial charge in [0.1, 0.15) is 11.9 Å². The minimum absolute atomic E-state index is 0.0210. The number of nitrogens with one attached hydrogen (secondary N) is 1. The Bertz CT molecular complexity index is 1430. The number of carboxylic acids is 1. The number of carbonyl (C=O) groups is 2. The fourth-order valence-electron chi connectivity index (χ4n) is 4.71. The second kappa shape index (κ2) is 16.7. The predicted octanol–water partition coefficient (Wildman–Crippen LogP) is 5.64. The van der Waals surface area contributed by atoms with Crippen LogP contribution in [0.3, 0.4) is 0 Å². The number of hydrogen-bond donors (Lipinski definition) is 2. The lowest BCUT2D eigenvalue weighted by molar-refractivity contribution is -0.139. The van der Waals surface area contributed by atoms with E-state index < -0.39 is 27.8 Å². The Kier molecular flexibility index (Phi) is 13.4. The molecule has 0 saturated carbocycles. The molecule has 0 unspecified atom stereocenters. The molecule has 0 aliphatic rings. The van der Waals surface area contributed by atoms with Crippen LogP contribution in [0.15, 0.2) is 72.8 Å². The highest BCUT2D eigenvalue weighted by Crippen LogP contribution is 2.29. The van der Waals surface area contributed by atoms with E-state index in [4.69, 9.17) is 11.6 Å². The zero-order chi connectivity index (χ0) is 30.5. The van der Waals surface area contributed by atoms with Gasteiger partial charge in [-0.2, -0.15) is 11.8 Å². The number of hydrogen-bond acceptors (Lipinski definition) is 6. The first-order valence-electron chi connectivity index (χ1n) is 13.9. The molecule has 226 valence electrons. The highest BCUT2D eigenvalue weighted by atomic mass is 35.5. The standard InChI is InChI=1S/C32H39ClN2O5S2/c1-24-9-6-7-12-27(24)29-21-26(13-14-28(29)31(36)34-30(32(37)38)16-19-41-2)22-35(23-42(39,40)20-8-17-33)18-15-25-10-4-3-5-11-25/h3-7,9-14,21,30H,8,15-20,22-23H2,1-2H3,(H,34,36)(H,37,38)/t30-/m0/s1. The Morgan fingerprint density at radius 1 is 1.00 bits per heavy atom. The van der Waals surface area contributed by atoms with Gasteiger partial charge in [0, 0.05) is 24.5 Å². The van der Waals surface area contributed by atoms with Crippen molar-refractivity contribution in [2.75, 3.05) is 36.1 Å². The monoisotopic (exact) mass is 630 g/mol. The number of carbonyl (C=O) groups excluding carboxylic acids is 1. The molecule has 0 fully saturated rings. The van der Waals surface area contributed by atoms with Gasteiger partial charge in [0.15, 0.2) is 9.84 Å². The van der Waals surface area contributed by atoms with E-state index in [1.54, 1.807) is 6.07 Å². The number of sulfone groups is 1. The fourth-order valence-corrected chi connectivity index (χ4v) is 6.96. The first-order chi connectivity index (χ1) is 20.1. The van der Waals surface area contributed by atoms with Gasteiger partial charge in [-0.3, -0.25) is 9.69 Å². The maximum Gasteiger partial charge on any atom is 0.326 e. The van der Waals surface area contributed by atoms with Gasteiger partial charge in [-0.25, -0.2) is 13.2 Å². The minimum Gasteiger partial charge on any atom is -0.480 e. The topological polar surface area (TPSA) is 104 Å². The molecule has 0 radical (unpaired) electrons. The Morgan fingerprint density at radius 2 is 1.71 bits per heavy atom. The molecule has 0 aliphatic heterocycles. The third kappa shape index (κ3) is 10.5. The molecule has 0 heterocycles. The fraction of sp³-hybridized carbons (Fsp3) is 0.375. The molecule has 0 saturated heterocycles. The molecular weight excluding hydrogens is 592 g/mol. The number of rotatable bonds is 17. The van der Waals surface area contributed by atoms with Gasteiger partial charge in [0.05, 0.1) is 5.75 Å². The van der Waals surface area contributed by atoms with Crippen LogP contribution in [0.2, 0.25) is 0 Å². The van der Waals surface area contributed by atoms with E-state index in [1.807, 2.05) is 84.8 Å². The third-order valence-electron chi connectivity index (χ3n) is 6.91. The van der Waals surface area contributed by atoms with Gasteiger partial charge in [-0.1, -0.05) is 60.7 Å². The number of aryl methyl sites for hydroxylation is 1. The number of amides is 1. The Morgan fingerprint density at radius 3 is 2.38 bits per heavy atom. The first kappa shape index (κ1) is 33.6. The number of thioether (sulfide) groups is 1. The van der Waals surface area contributed by atoms with Crippen molar-refractivity contribution in [3.05, 3.63) is 95.1 Å². The van der Waals surface area contributed by atoms with Crippen molar-refractivity contribution in [1.82, 2.24) is 10.2 Å². The summed E-state index contributed by atoms with van der Waals surface area (Å²) in [4.78, 5) is 27.2. The first-order valence-corrected chi connectivity index (χ1v) is 17.6. The van der Waals surface area contributed by atoms with Crippen LogP contribution in [0.5, 0.6) is 0 Å². The van der Waals surface area contributed by atoms with Crippen molar-refractivity contribution in [3.8, 4) is 11.1 Å². The van der Waals surface area contributed by atoms with Crippen LogP contribution in [0.25, 0.3) is 11.1 Å². The summed E-state index contributed by atoms with van der Waals surface area (Å²) in [5.41, 5.74) is 4.82. The Labute approximate surface area is 258 Å². The van der Waals surface area contributed by atoms with Gasteiger partial charge >= 0.3 is 5.97 Å². The summed E-state index contributed by atoms with van der Waals surface area (Å²) in [6, 6.07) is 22.0. The number of nitrogens with zero attached hydrogens (tertiary/aromatic N) is 1. The van der Waals surface area contributed by atoms with E-state index in [2.05, 4.69) is 5.32 Å². The summed E-state index contributed by atoms with van der Waals surface area (Å²) in [6.07, 6.45) is 3.28. The molecule has 0 aliphatic carbocycles. The highest BCUT2D eigenvalue weighted by molar-refractivity contribution is 7.98. The lowest BCUT2D eigenvalue weighted by Crippen LogP contribution is -2.41. The molecule has 3 aromatic carbocycles. The maximum atomic E-state index is 13.4. The average molecular weight is 631 g/mol. The summed E-state index contributed by atoms with van der Waals surface area (Å²) >= 11 is 7.29. The van der Waals surface area contributed by atoms with E-state index in [1.165, 1.54) is 11.8 Å². The van der Waals surface area contributed by atoms with Gasteiger partial charge in [-0.15, -0.1) is 11.6 Å². The zero-order valence-corrected chi connectivity index (χ0v) is 26.5. The summed E-state index contributed by atoms with van der Waals surface area (Å²) in [7, 11) is -3.37. The number of alkyl halides is 1. The van der Waals surface area contributed by atoms with Crippen LogP contribution >= 0.6 is 23.4 Å². The van der Waals surface area contributed by atoms with Crippen LogP contribution in [-0.2, 0) is 27.6 Å². The highest BCUT2D eigenvalue weighted by Gasteiger charge is 2.23. The third-order valence-corrected chi connectivity index (χ3v) is 9.49. The van der Waals surface area contributed by atoms with Gasteiger partial charge in [0.2, 0.25) is 0 Å². The van der Waals surface area contributed by atoms with Crippen molar-refractivity contribution in [2.24, 2.45) is 0 Å². The molecule has 7 nitrogen and oxygen atoms in total. The van der Waals surface area contributed by atoms with Crippen LogP contribution in [0, 0.1) is 6.92 Å². The number of carboxylic acid groups (broad SMARTS) is 1. The summed E-state index contributed by atoms with van der Waals surface area (Å²) < 4.78 is 25.8. The van der Waals surface area contributed by atoms with Crippen molar-refractivity contribution in [2.45, 2.75) is 38.8 Å². The van der Waals surface area contributed by atoms with Crippen molar-refractivity contribution in [3.63, 3.8) is 0 Å². The number of aliphatic carboxylic acids is 1. The second-order valence-corrected chi connectivity index (χ2v) is 13.8. The van der Waals surface area contributed by atoms with Crippen LogP contribution in [0.4, 0.5) is 0 Å². The van der Waals surface area contributed by atoms with Gasteiger partial charge in [0.25, 0.3) is 5.91 Å². The van der Waals surface area contributed by atoms with Crippen LogP contribution in [0.1, 0.15) is 39.9 Å². The van der Waals surface area contributed by atoms with Crippen molar-refractivity contribution in [1.29, 1.82) is 0 Å². The second-order valence-electron chi connectivity index (χ2n) is 10.2. The Balaban J connectivity index is 1.95. The average Bonchev–Trinajstić information content (AvgIpc) is 2.97. The van der Waals surface area contributed by atoms with Crippen LogP contribution < -0.4 is 5.32 Å². The number of benzene rings is 3. The number of halogens is 1. The molecule has 0 bridgehead atoms. The lowest BCUT2D eigenvalue weighted by atomic mass is 9.93. The molecule has 3 aromatic rings. The molecule has 42 heavy (non-hydrogen) atoms. The van der Waals surface area contributed by atoms with E-state index in [9.17, 15) is 23.1 Å². The van der Waals surface area contributed by atoms with Crippen LogP contribution in [-0.4, -0.2) is 72.4 Å². The Hall–Kier alpha value is -2.85. The van der Waals surface area contributed by atoms with E-state index in [0.29, 0.717) is 49.2 Å². The molecule has 3 rings (SSSR count). The molecule has 1 atom stereocenters. The SMILES string of the molecule is CSCC[C@H](NC(=O)c1ccc(CN(CCc2ccccc2)CS(=O)(=O)CCCCl)cc1-c1ccccc1C)C(=O)O. The van der Waals surface area contributed by atoms with Crippen molar-refractivity contribution < 1.29 is 23.1 Å². The summed E-state index contributed by atoms with van der Waals surface area (Å²) in [5.74, 6) is -0.726. The summed E-state index contributed by atoms with van der Waals surface area (Å²) in [6.45, 7) is 2.85. The predicted molar refractivity (Wildman–Crippen MR) is 173 cm³/mol. The molecule has 10 heteroatoms. The molecule has 1 amide bonds. The smallest absolute Gasteiger partial charge is 0.326 e. The van der Waals surface area contributed by atoms with Gasteiger partial charge < -0.3 is 10.4 Å². The molecule has 0 spiro atoms. The minimum atomic E-state index is -3.37. The maximum absolute atomic E-state index is 13.4. The summed E-state index contributed by atoms with van der Waals surface area (Å²) in [5, 5.41) is 12.4. The molecular formula is C32H39ClN2O5S2. The normalized spacial score (nSPS) is 12.3. The molecule has 2 N–H and O–H groups in total. The largest absolute Gasteiger partial charge is 0.480 e. The van der Waals surface area contributed by atoms with Gasteiger partial charge in [-0.05, 0) is 78.1 Å². The quantitative estimate of drug-likeness (QED) is 0.186. The van der Waals surface area contributed by atoms with E-state index >= 15 is 0 Å². The zero-order valence-electron chi connectivity index (χ0n) is 24.1. The van der Waals surface area contributed by atoms with E-state index in [0.717, 1.165) is 22.3 Å².